The number of methoxy groups -OCH3 is 1. The third kappa shape index (κ3) is 4.73. The Bertz CT molecular complexity index is 531. The highest BCUT2D eigenvalue weighted by Crippen LogP contribution is 2.19. The summed E-state index contributed by atoms with van der Waals surface area (Å²) in [6.07, 6.45) is -2.80. The minimum atomic E-state index is -1.25. The van der Waals surface area contributed by atoms with Crippen molar-refractivity contribution in [1.29, 1.82) is 0 Å². The molecule has 1 fully saturated rings. The summed E-state index contributed by atoms with van der Waals surface area (Å²) in [6, 6.07) is 5.85. The molecule has 0 bridgehead atoms. The third-order valence-corrected chi connectivity index (χ3v) is 3.22. The molecule has 1 aliphatic rings. The van der Waals surface area contributed by atoms with Gasteiger partial charge < -0.3 is 29.2 Å². The first-order chi connectivity index (χ1) is 11.0. The number of ether oxygens (including phenoxy) is 4. The molecule has 0 aromatic heterocycles. The molecule has 0 saturated carbocycles. The van der Waals surface area contributed by atoms with E-state index in [2.05, 4.69) is 4.74 Å². The number of esters is 2. The van der Waals surface area contributed by atoms with Crippen LogP contribution >= 0.6 is 0 Å². The maximum absolute atomic E-state index is 11.8. The molecule has 0 radical (unpaired) electrons. The molecule has 23 heavy (non-hydrogen) atoms. The van der Waals surface area contributed by atoms with E-state index in [4.69, 9.17) is 14.2 Å². The number of benzene rings is 1. The Balaban J connectivity index is 1.71. The van der Waals surface area contributed by atoms with E-state index in [1.807, 2.05) is 0 Å². The maximum atomic E-state index is 11.8. The summed E-state index contributed by atoms with van der Waals surface area (Å²) in [5.41, 5.74) is 0.628. The number of hydrogen-bond donors (Lipinski definition) is 2. The van der Waals surface area contributed by atoms with Gasteiger partial charge in [0.05, 0.1) is 24.8 Å². The molecule has 1 heterocycles. The molecule has 126 valence electrons. The molecule has 1 aromatic carbocycles. The van der Waals surface area contributed by atoms with E-state index >= 15 is 0 Å². The van der Waals surface area contributed by atoms with Crippen LogP contribution in [0, 0.1) is 0 Å². The fourth-order valence-electron chi connectivity index (χ4n) is 1.98. The van der Waals surface area contributed by atoms with Crippen LogP contribution in [0.25, 0.3) is 0 Å². The second kappa shape index (κ2) is 8.02. The fraction of sp³-hybridized carbons (Fsp3) is 0.467. The fourth-order valence-corrected chi connectivity index (χ4v) is 1.98. The van der Waals surface area contributed by atoms with E-state index in [-0.39, 0.29) is 19.6 Å². The van der Waals surface area contributed by atoms with Crippen molar-refractivity contribution in [3.05, 3.63) is 35.4 Å². The van der Waals surface area contributed by atoms with Gasteiger partial charge >= 0.3 is 11.9 Å². The molecule has 2 N–H and O–H groups in total. The highest BCUT2D eigenvalue weighted by molar-refractivity contribution is 5.93. The Morgan fingerprint density at radius 3 is 2.26 bits per heavy atom. The van der Waals surface area contributed by atoms with Gasteiger partial charge in [-0.15, -0.1) is 0 Å². The standard InChI is InChI=1S/C15H18O8/c1-20-13(17)9-2-4-10(5-3-9)14(18)22-7-6-21-12-8-11(16)15(19)23-12/h2-5,11-12,15-16,19H,6-8H2,1H3/t11-,12-,15?/m0/s1. The summed E-state index contributed by atoms with van der Waals surface area (Å²) in [7, 11) is 1.27. The van der Waals surface area contributed by atoms with Crippen molar-refractivity contribution in [2.75, 3.05) is 20.3 Å². The molecule has 0 aliphatic carbocycles. The third-order valence-electron chi connectivity index (χ3n) is 3.22. The molecule has 1 aliphatic heterocycles. The van der Waals surface area contributed by atoms with Gasteiger partial charge in [-0.25, -0.2) is 9.59 Å². The Hall–Kier alpha value is -2.00. The molecule has 1 aromatic rings. The minimum Gasteiger partial charge on any atom is -0.465 e. The molecule has 0 amide bonds. The van der Waals surface area contributed by atoms with Crippen LogP contribution < -0.4 is 0 Å². The summed E-state index contributed by atoms with van der Waals surface area (Å²) in [4.78, 5) is 23.1. The average Bonchev–Trinajstić information content (AvgIpc) is 2.89. The van der Waals surface area contributed by atoms with Crippen molar-refractivity contribution < 1.29 is 38.7 Å². The van der Waals surface area contributed by atoms with Gasteiger partial charge in [-0.2, -0.15) is 0 Å². The molecule has 1 unspecified atom stereocenters. The monoisotopic (exact) mass is 326 g/mol. The predicted octanol–water partition coefficient (Wildman–Crippen LogP) is 0.0723. The second-order valence-corrected chi connectivity index (χ2v) is 4.83. The normalized spacial score (nSPS) is 23.5. The number of carbonyl (C=O) groups excluding carboxylic acids is 2. The molecule has 1 saturated heterocycles. The lowest BCUT2D eigenvalue weighted by Crippen LogP contribution is -2.19. The Labute approximate surface area is 132 Å². The lowest BCUT2D eigenvalue weighted by molar-refractivity contribution is -0.198. The van der Waals surface area contributed by atoms with Gasteiger partial charge in [0.2, 0.25) is 0 Å². The van der Waals surface area contributed by atoms with Crippen LogP contribution in [-0.4, -0.2) is 61.2 Å². The number of aliphatic hydroxyl groups is 2. The highest BCUT2D eigenvalue weighted by atomic mass is 16.7. The SMILES string of the molecule is COC(=O)c1ccc(C(=O)OCCO[C@@H]2C[C@H](O)C(O)O2)cc1. The van der Waals surface area contributed by atoms with Gasteiger partial charge in [-0.3, -0.25) is 0 Å². The summed E-state index contributed by atoms with van der Waals surface area (Å²) in [5, 5.41) is 18.4. The number of carbonyl (C=O) groups is 2. The molecular formula is C15H18O8. The van der Waals surface area contributed by atoms with Crippen molar-refractivity contribution >= 4 is 11.9 Å². The smallest absolute Gasteiger partial charge is 0.338 e. The zero-order chi connectivity index (χ0) is 16.8. The van der Waals surface area contributed by atoms with Gasteiger partial charge in [0, 0.05) is 6.42 Å². The van der Waals surface area contributed by atoms with Crippen LogP contribution in [0.1, 0.15) is 27.1 Å². The van der Waals surface area contributed by atoms with Crippen LogP contribution in [0.2, 0.25) is 0 Å². The first-order valence-corrected chi connectivity index (χ1v) is 7.00. The van der Waals surface area contributed by atoms with Gasteiger partial charge in [0.1, 0.15) is 12.7 Å². The molecule has 8 heteroatoms. The molecule has 3 atom stereocenters. The van der Waals surface area contributed by atoms with Crippen LogP contribution in [0.3, 0.4) is 0 Å². The molecule has 8 nitrogen and oxygen atoms in total. The number of hydrogen-bond acceptors (Lipinski definition) is 8. The quantitative estimate of drug-likeness (QED) is 0.558. The topological polar surface area (TPSA) is 112 Å². The zero-order valence-corrected chi connectivity index (χ0v) is 12.5. The van der Waals surface area contributed by atoms with Crippen molar-refractivity contribution in [3.8, 4) is 0 Å². The van der Waals surface area contributed by atoms with Crippen LogP contribution in [0.15, 0.2) is 24.3 Å². The Kier molecular flexibility index (Phi) is 6.05. The van der Waals surface area contributed by atoms with Crippen molar-refractivity contribution in [2.24, 2.45) is 0 Å². The summed E-state index contributed by atoms with van der Waals surface area (Å²) >= 11 is 0. The zero-order valence-electron chi connectivity index (χ0n) is 12.5. The first kappa shape index (κ1) is 17.4. The Morgan fingerprint density at radius 2 is 1.74 bits per heavy atom. The highest BCUT2D eigenvalue weighted by Gasteiger charge is 2.32. The van der Waals surface area contributed by atoms with E-state index in [9.17, 15) is 19.8 Å². The molecule has 0 spiro atoms. The van der Waals surface area contributed by atoms with Crippen molar-refractivity contribution in [2.45, 2.75) is 25.1 Å². The minimum absolute atomic E-state index is 0.0103. The number of aliphatic hydroxyl groups excluding tert-OH is 2. The largest absolute Gasteiger partial charge is 0.465 e. The van der Waals surface area contributed by atoms with Crippen LogP contribution in [0.4, 0.5) is 0 Å². The van der Waals surface area contributed by atoms with Gasteiger partial charge in [0.25, 0.3) is 0 Å². The van der Waals surface area contributed by atoms with Crippen LogP contribution in [-0.2, 0) is 18.9 Å². The average molecular weight is 326 g/mol. The number of rotatable bonds is 6. The van der Waals surface area contributed by atoms with Gasteiger partial charge in [-0.05, 0) is 24.3 Å². The van der Waals surface area contributed by atoms with E-state index < -0.39 is 30.6 Å². The van der Waals surface area contributed by atoms with Crippen molar-refractivity contribution in [3.63, 3.8) is 0 Å². The van der Waals surface area contributed by atoms with Crippen LogP contribution in [0.5, 0.6) is 0 Å². The first-order valence-electron chi connectivity index (χ1n) is 7.00. The van der Waals surface area contributed by atoms with Gasteiger partial charge in [0.15, 0.2) is 12.6 Å². The maximum Gasteiger partial charge on any atom is 0.338 e. The van der Waals surface area contributed by atoms with E-state index in [1.54, 1.807) is 0 Å². The summed E-state index contributed by atoms with van der Waals surface area (Å²) in [5.74, 6) is -1.04. The molecular weight excluding hydrogens is 308 g/mol. The van der Waals surface area contributed by atoms with E-state index in [0.717, 1.165) is 0 Å². The van der Waals surface area contributed by atoms with E-state index in [0.29, 0.717) is 11.1 Å². The van der Waals surface area contributed by atoms with E-state index in [1.165, 1.54) is 31.4 Å². The Morgan fingerprint density at radius 1 is 1.13 bits per heavy atom. The van der Waals surface area contributed by atoms with Gasteiger partial charge in [-0.1, -0.05) is 0 Å². The summed E-state index contributed by atoms with van der Waals surface area (Å²) in [6.45, 7) is 0.0553. The predicted molar refractivity (Wildman–Crippen MR) is 75.5 cm³/mol. The lowest BCUT2D eigenvalue weighted by Gasteiger charge is -2.11. The lowest BCUT2D eigenvalue weighted by atomic mass is 10.1. The molecule has 2 rings (SSSR count). The second-order valence-electron chi connectivity index (χ2n) is 4.83. The summed E-state index contributed by atoms with van der Waals surface area (Å²) < 4.78 is 19.7. The van der Waals surface area contributed by atoms with Crippen molar-refractivity contribution in [1.82, 2.24) is 0 Å².